The van der Waals surface area contributed by atoms with Crippen molar-refractivity contribution in [1.29, 1.82) is 0 Å². The standard InChI is InChI=1S/C15H27O3Si/c1-10(16)17-13-8-12-7-11(13)9-14(12)18-19(5,6)15(2,3)4/h8,11-14H,7,9H2,1-6H3/t11-,12-,13+,14+/m0/s1. The molecule has 0 amide bonds. The van der Waals surface area contributed by atoms with Crippen molar-refractivity contribution in [2.24, 2.45) is 11.8 Å². The number of carbonyl (C=O) groups is 1. The zero-order valence-electron chi connectivity index (χ0n) is 13.0. The summed E-state index contributed by atoms with van der Waals surface area (Å²) in [5.74, 6) is 0.780. The predicted molar refractivity (Wildman–Crippen MR) is 78.1 cm³/mol. The van der Waals surface area contributed by atoms with Crippen LogP contribution in [0.2, 0.25) is 18.1 Å². The molecule has 1 radical (unpaired) electrons. The van der Waals surface area contributed by atoms with Crippen LogP contribution in [0.15, 0.2) is 0 Å². The molecule has 2 aliphatic carbocycles. The molecule has 0 aliphatic heterocycles. The molecule has 0 aromatic heterocycles. The van der Waals surface area contributed by atoms with E-state index in [1.807, 2.05) is 0 Å². The van der Waals surface area contributed by atoms with Gasteiger partial charge in [0.1, 0.15) is 6.10 Å². The molecule has 0 saturated heterocycles. The molecule has 4 atom stereocenters. The lowest BCUT2D eigenvalue weighted by Gasteiger charge is -2.41. The van der Waals surface area contributed by atoms with Crippen molar-refractivity contribution in [2.45, 2.75) is 70.9 Å². The Bertz CT molecular complexity index is 359. The Kier molecular flexibility index (Phi) is 3.87. The third-order valence-corrected chi connectivity index (χ3v) is 9.55. The van der Waals surface area contributed by atoms with Crippen LogP contribution in [0.1, 0.15) is 40.5 Å². The van der Waals surface area contributed by atoms with Crippen LogP contribution in [0, 0.1) is 18.3 Å². The summed E-state index contributed by atoms with van der Waals surface area (Å²) in [5, 5.41) is 0.254. The third kappa shape index (κ3) is 3.05. The predicted octanol–water partition coefficient (Wildman–Crippen LogP) is 3.55. The molecule has 3 nitrogen and oxygen atoms in total. The summed E-state index contributed by atoms with van der Waals surface area (Å²) in [6.45, 7) is 12.9. The van der Waals surface area contributed by atoms with Gasteiger partial charge in [-0.3, -0.25) is 4.79 Å². The molecule has 0 N–H and O–H groups in total. The summed E-state index contributed by atoms with van der Waals surface area (Å²) in [6, 6.07) is 0. The van der Waals surface area contributed by atoms with E-state index < -0.39 is 8.32 Å². The fourth-order valence-electron chi connectivity index (χ4n) is 2.96. The molecule has 2 aliphatic rings. The number of ether oxygens (including phenoxy) is 1. The van der Waals surface area contributed by atoms with Gasteiger partial charge in [-0.05, 0) is 42.8 Å². The van der Waals surface area contributed by atoms with Gasteiger partial charge >= 0.3 is 5.97 Å². The number of hydrogen-bond donors (Lipinski definition) is 0. The van der Waals surface area contributed by atoms with Gasteiger partial charge in [-0.25, -0.2) is 0 Å². The average molecular weight is 283 g/mol. The summed E-state index contributed by atoms with van der Waals surface area (Å²) < 4.78 is 11.9. The van der Waals surface area contributed by atoms with Gasteiger partial charge in [-0.1, -0.05) is 20.8 Å². The lowest BCUT2D eigenvalue weighted by Crippen LogP contribution is -2.46. The minimum Gasteiger partial charge on any atom is -0.462 e. The highest BCUT2D eigenvalue weighted by Gasteiger charge is 2.51. The fraction of sp³-hybridized carbons (Fsp3) is 0.867. The van der Waals surface area contributed by atoms with Gasteiger partial charge < -0.3 is 9.16 Å². The van der Waals surface area contributed by atoms with E-state index in [1.54, 1.807) is 0 Å². The molecule has 19 heavy (non-hydrogen) atoms. The zero-order valence-corrected chi connectivity index (χ0v) is 14.0. The molecule has 0 aromatic rings. The van der Waals surface area contributed by atoms with Crippen molar-refractivity contribution in [3.63, 3.8) is 0 Å². The molecule has 0 spiro atoms. The molecule has 0 heterocycles. The van der Waals surface area contributed by atoms with Gasteiger partial charge in [-0.15, -0.1) is 0 Å². The largest absolute Gasteiger partial charge is 0.462 e. The SMILES string of the molecule is CC(=O)O[C@@H]1[CH][C@@H]2C[C@H]1C[C@H]2O[Si](C)(C)C(C)(C)C. The summed E-state index contributed by atoms with van der Waals surface area (Å²) in [4.78, 5) is 11.1. The van der Waals surface area contributed by atoms with Gasteiger partial charge in [0.2, 0.25) is 0 Å². The van der Waals surface area contributed by atoms with E-state index in [2.05, 4.69) is 40.3 Å². The van der Waals surface area contributed by atoms with Crippen LogP contribution in [-0.2, 0) is 14.0 Å². The molecule has 0 aromatic carbocycles. The minimum absolute atomic E-state index is 0.0294. The van der Waals surface area contributed by atoms with E-state index in [4.69, 9.17) is 9.16 Å². The maximum Gasteiger partial charge on any atom is 0.302 e. The highest BCUT2D eigenvalue weighted by Crippen LogP contribution is 2.49. The smallest absolute Gasteiger partial charge is 0.302 e. The summed E-state index contributed by atoms with van der Waals surface area (Å²) in [6.07, 6.45) is 4.75. The second-order valence-electron chi connectivity index (χ2n) is 7.58. The molecular weight excluding hydrogens is 256 g/mol. The van der Waals surface area contributed by atoms with E-state index in [-0.39, 0.29) is 17.1 Å². The highest BCUT2D eigenvalue weighted by molar-refractivity contribution is 6.74. The van der Waals surface area contributed by atoms with E-state index in [1.165, 1.54) is 6.92 Å². The van der Waals surface area contributed by atoms with Crippen LogP contribution >= 0.6 is 0 Å². The van der Waals surface area contributed by atoms with Gasteiger partial charge in [0, 0.05) is 19.4 Å². The Morgan fingerprint density at radius 3 is 2.32 bits per heavy atom. The van der Waals surface area contributed by atoms with E-state index >= 15 is 0 Å². The van der Waals surface area contributed by atoms with Crippen molar-refractivity contribution >= 4 is 14.3 Å². The van der Waals surface area contributed by atoms with Crippen LogP contribution in [0.3, 0.4) is 0 Å². The molecular formula is C15H27O3Si. The summed E-state index contributed by atoms with van der Waals surface area (Å²) in [7, 11) is -1.69. The maximum atomic E-state index is 11.1. The van der Waals surface area contributed by atoms with Crippen LogP contribution in [0.4, 0.5) is 0 Å². The number of hydrogen-bond acceptors (Lipinski definition) is 3. The Labute approximate surface area is 118 Å². The molecule has 4 heteroatoms. The van der Waals surface area contributed by atoms with Crippen molar-refractivity contribution in [3.8, 4) is 0 Å². The number of fused-ring (bicyclic) bond motifs is 2. The number of esters is 1. The monoisotopic (exact) mass is 283 g/mol. The molecule has 2 fully saturated rings. The Balaban J connectivity index is 1.93. The first kappa shape index (κ1) is 15.0. The highest BCUT2D eigenvalue weighted by atomic mass is 28.4. The fourth-order valence-corrected chi connectivity index (χ4v) is 4.34. The van der Waals surface area contributed by atoms with E-state index in [9.17, 15) is 4.79 Å². The number of rotatable bonds is 3. The molecule has 2 rings (SSSR count). The van der Waals surface area contributed by atoms with Crippen LogP contribution < -0.4 is 0 Å². The third-order valence-electron chi connectivity index (χ3n) is 5.04. The van der Waals surface area contributed by atoms with E-state index in [0.29, 0.717) is 17.9 Å². The summed E-state index contributed by atoms with van der Waals surface area (Å²) >= 11 is 0. The Hall–Kier alpha value is -0.353. The molecule has 0 unspecified atom stereocenters. The van der Waals surface area contributed by atoms with Crippen LogP contribution in [-0.4, -0.2) is 26.5 Å². The Morgan fingerprint density at radius 1 is 1.26 bits per heavy atom. The van der Waals surface area contributed by atoms with Crippen molar-refractivity contribution < 1.29 is 14.0 Å². The first-order chi connectivity index (χ1) is 8.60. The van der Waals surface area contributed by atoms with Gasteiger partial charge in [0.15, 0.2) is 8.32 Å². The molecule has 109 valence electrons. The summed E-state index contributed by atoms with van der Waals surface area (Å²) in [5.41, 5.74) is 0. The number of carbonyl (C=O) groups excluding carboxylic acids is 1. The quantitative estimate of drug-likeness (QED) is 0.587. The zero-order chi connectivity index (χ0) is 14.4. The topological polar surface area (TPSA) is 35.5 Å². The normalized spacial score (nSPS) is 34.6. The van der Waals surface area contributed by atoms with Crippen molar-refractivity contribution in [2.75, 3.05) is 0 Å². The minimum atomic E-state index is -1.69. The molecule has 2 saturated carbocycles. The lowest BCUT2D eigenvalue weighted by atomic mass is 9.95. The second-order valence-corrected chi connectivity index (χ2v) is 12.3. The van der Waals surface area contributed by atoms with Crippen LogP contribution in [0.5, 0.6) is 0 Å². The molecule has 2 bridgehead atoms. The first-order valence-electron chi connectivity index (χ1n) is 7.30. The van der Waals surface area contributed by atoms with Crippen molar-refractivity contribution in [1.82, 2.24) is 0 Å². The Morgan fingerprint density at radius 2 is 1.89 bits per heavy atom. The first-order valence-corrected chi connectivity index (χ1v) is 10.2. The lowest BCUT2D eigenvalue weighted by molar-refractivity contribution is -0.147. The van der Waals surface area contributed by atoms with E-state index in [0.717, 1.165) is 12.8 Å². The maximum absolute atomic E-state index is 11.1. The van der Waals surface area contributed by atoms with Gasteiger partial charge in [0.05, 0.1) is 0 Å². The van der Waals surface area contributed by atoms with Crippen LogP contribution in [0.25, 0.3) is 0 Å². The van der Waals surface area contributed by atoms with Crippen molar-refractivity contribution in [3.05, 3.63) is 6.42 Å². The van der Waals surface area contributed by atoms with Gasteiger partial charge in [0.25, 0.3) is 0 Å². The second kappa shape index (κ2) is 4.88. The average Bonchev–Trinajstić information content (AvgIpc) is 2.73. The van der Waals surface area contributed by atoms with Gasteiger partial charge in [-0.2, -0.15) is 0 Å².